The van der Waals surface area contributed by atoms with Crippen LogP contribution in [0.5, 0.6) is 0 Å². The third kappa shape index (κ3) is 8.73. The van der Waals surface area contributed by atoms with Crippen LogP contribution < -0.4 is 5.73 Å². The molecule has 0 saturated carbocycles. The van der Waals surface area contributed by atoms with Crippen LogP contribution >= 0.6 is 7.75 Å². The van der Waals surface area contributed by atoms with Crippen molar-refractivity contribution >= 4 is 31.6 Å². The van der Waals surface area contributed by atoms with Crippen LogP contribution in [0.3, 0.4) is 0 Å². The predicted molar refractivity (Wildman–Crippen MR) is 114 cm³/mol. The second kappa shape index (κ2) is 12.3. The Morgan fingerprint density at radius 3 is 1.70 bits per heavy atom. The van der Waals surface area contributed by atoms with E-state index in [-0.39, 0.29) is 11.1 Å². The van der Waals surface area contributed by atoms with Crippen molar-refractivity contribution in [1.82, 2.24) is 5.06 Å². The number of carbonyl (C=O) groups is 3. The first-order valence-corrected chi connectivity index (χ1v) is 10.8. The van der Waals surface area contributed by atoms with Crippen molar-refractivity contribution < 1.29 is 42.3 Å². The summed E-state index contributed by atoms with van der Waals surface area (Å²) in [7, 11) is -3.28. The molecule has 0 aliphatic carbocycles. The lowest BCUT2D eigenvalue weighted by Gasteiger charge is -2.19. The molecule has 2 aromatic carbocycles. The number of benzene rings is 2. The van der Waals surface area contributed by atoms with Crippen molar-refractivity contribution in [1.29, 1.82) is 0 Å². The van der Waals surface area contributed by atoms with Crippen molar-refractivity contribution in [3.05, 3.63) is 71.8 Å². The number of hydrogen-bond donors (Lipinski definition) is 1. The standard InChI is InChI=1S/C20H22N3O9P/c1-15(24)32-23(2)20(21)22-33(27,30-13-28-18(25)16-9-5-3-6-10-16)31-14-29-19(26)17-11-7-4-8-12-17/h3-12H,13-14H2,1-2H3,(H2,21,22,27). The maximum atomic E-state index is 13.0. The molecule has 0 unspecified atom stereocenters. The summed E-state index contributed by atoms with van der Waals surface area (Å²) >= 11 is 0. The summed E-state index contributed by atoms with van der Waals surface area (Å²) in [4.78, 5) is 39.8. The molecule has 0 saturated heterocycles. The smallest absolute Gasteiger partial charge is 0.434 e. The monoisotopic (exact) mass is 479 g/mol. The summed E-state index contributed by atoms with van der Waals surface area (Å²) in [5.41, 5.74) is 6.10. The first-order valence-electron chi connectivity index (χ1n) is 9.31. The predicted octanol–water partition coefficient (Wildman–Crippen LogP) is 2.48. The van der Waals surface area contributed by atoms with E-state index in [9.17, 15) is 18.9 Å². The number of ether oxygens (including phenoxy) is 2. The Bertz CT molecular complexity index is 970. The van der Waals surface area contributed by atoms with Gasteiger partial charge >= 0.3 is 25.7 Å². The minimum absolute atomic E-state index is 0.228. The van der Waals surface area contributed by atoms with Gasteiger partial charge in [0.15, 0.2) is 0 Å². The van der Waals surface area contributed by atoms with Gasteiger partial charge in [-0.15, -0.1) is 4.76 Å². The number of nitrogens with two attached hydrogens (primary N) is 1. The number of nitrogens with zero attached hydrogens (tertiary/aromatic N) is 2. The van der Waals surface area contributed by atoms with E-state index in [1.54, 1.807) is 36.4 Å². The number of rotatable bonds is 9. The molecule has 0 spiro atoms. The molecule has 0 radical (unpaired) electrons. The quantitative estimate of drug-likeness (QED) is 0.141. The maximum absolute atomic E-state index is 13.0. The zero-order chi connectivity index (χ0) is 24.3. The summed E-state index contributed by atoms with van der Waals surface area (Å²) in [6.45, 7) is -0.542. The molecule has 0 aliphatic heterocycles. The minimum atomic E-state index is -4.49. The van der Waals surface area contributed by atoms with Crippen LogP contribution in [-0.4, -0.2) is 49.6 Å². The van der Waals surface area contributed by atoms with Gasteiger partial charge in [0.25, 0.3) is 0 Å². The van der Waals surface area contributed by atoms with Gasteiger partial charge in [0.1, 0.15) is 0 Å². The molecule has 0 aromatic heterocycles. The molecule has 12 nitrogen and oxygen atoms in total. The number of hydroxylamine groups is 2. The molecule has 0 aliphatic rings. The summed E-state index contributed by atoms with van der Waals surface area (Å²) < 4.78 is 36.4. The first kappa shape index (κ1) is 25.5. The number of guanidine groups is 1. The zero-order valence-electron chi connectivity index (χ0n) is 17.8. The molecule has 13 heteroatoms. The van der Waals surface area contributed by atoms with Gasteiger partial charge in [-0.25, -0.2) is 14.2 Å². The fourth-order valence-corrected chi connectivity index (χ4v) is 3.07. The lowest BCUT2D eigenvalue weighted by atomic mass is 10.2. The van der Waals surface area contributed by atoms with Crippen LogP contribution in [0.1, 0.15) is 27.6 Å². The Labute approximate surface area is 189 Å². The van der Waals surface area contributed by atoms with Crippen LogP contribution in [0.25, 0.3) is 0 Å². The van der Waals surface area contributed by atoms with Gasteiger partial charge in [0.2, 0.25) is 19.5 Å². The van der Waals surface area contributed by atoms with E-state index >= 15 is 0 Å². The molecule has 0 bridgehead atoms. The lowest BCUT2D eigenvalue weighted by molar-refractivity contribution is -0.166. The molecular weight excluding hydrogens is 457 g/mol. The second-order valence-corrected chi connectivity index (χ2v) is 7.75. The van der Waals surface area contributed by atoms with Crippen molar-refractivity contribution in [2.24, 2.45) is 10.5 Å². The zero-order valence-corrected chi connectivity index (χ0v) is 18.7. The molecule has 2 N–H and O–H groups in total. The van der Waals surface area contributed by atoms with Crippen molar-refractivity contribution in [2.45, 2.75) is 6.92 Å². The van der Waals surface area contributed by atoms with Gasteiger partial charge in [-0.05, 0) is 24.3 Å². The summed E-state index contributed by atoms with van der Waals surface area (Å²) in [6.07, 6.45) is 0. The van der Waals surface area contributed by atoms with E-state index in [1.807, 2.05) is 0 Å². The van der Waals surface area contributed by atoms with Gasteiger partial charge in [0, 0.05) is 14.0 Å². The van der Waals surface area contributed by atoms with E-state index in [2.05, 4.69) is 4.76 Å². The molecule has 0 amide bonds. The Kier molecular flexibility index (Phi) is 9.55. The molecule has 0 atom stereocenters. The third-order valence-electron chi connectivity index (χ3n) is 3.64. The van der Waals surface area contributed by atoms with E-state index < -0.39 is 45.2 Å². The lowest BCUT2D eigenvalue weighted by Crippen LogP contribution is -2.35. The highest BCUT2D eigenvalue weighted by Gasteiger charge is 2.28. The number of hydrogen-bond acceptors (Lipinski definition) is 9. The summed E-state index contributed by atoms with van der Waals surface area (Å²) in [6, 6.07) is 16.0. The second-order valence-electron chi connectivity index (χ2n) is 6.10. The van der Waals surface area contributed by atoms with Gasteiger partial charge in [-0.2, -0.15) is 5.06 Å². The average molecular weight is 479 g/mol. The van der Waals surface area contributed by atoms with E-state index in [0.29, 0.717) is 5.06 Å². The molecule has 2 rings (SSSR count). The molecule has 176 valence electrons. The third-order valence-corrected chi connectivity index (χ3v) is 4.96. The SMILES string of the molecule is CC(=O)ON(C)C(N)=NP(=O)(OCOC(=O)c1ccccc1)OCOC(=O)c1ccccc1. The molecule has 33 heavy (non-hydrogen) atoms. The fraction of sp³-hybridized carbons (Fsp3) is 0.200. The molecule has 2 aromatic rings. The molecule has 0 heterocycles. The molecular formula is C20H22N3O9P. The van der Waals surface area contributed by atoms with E-state index in [4.69, 9.17) is 29.1 Å². The normalized spacial score (nSPS) is 11.4. The van der Waals surface area contributed by atoms with Crippen LogP contribution in [0.15, 0.2) is 65.4 Å². The van der Waals surface area contributed by atoms with Crippen molar-refractivity contribution in [2.75, 3.05) is 20.6 Å². The van der Waals surface area contributed by atoms with E-state index in [1.165, 1.54) is 31.3 Å². The summed E-state index contributed by atoms with van der Waals surface area (Å²) in [5.74, 6) is -2.79. The highest BCUT2D eigenvalue weighted by molar-refractivity contribution is 7.52. The van der Waals surface area contributed by atoms with Crippen LogP contribution in [0.2, 0.25) is 0 Å². The topological polar surface area (TPSA) is 156 Å². The van der Waals surface area contributed by atoms with Gasteiger partial charge in [0.05, 0.1) is 11.1 Å². The highest BCUT2D eigenvalue weighted by atomic mass is 31.2. The number of carbonyl (C=O) groups excluding carboxylic acids is 3. The Morgan fingerprint density at radius 1 is 0.879 bits per heavy atom. The van der Waals surface area contributed by atoms with Crippen molar-refractivity contribution in [3.63, 3.8) is 0 Å². The van der Waals surface area contributed by atoms with Gasteiger partial charge < -0.3 is 20.0 Å². The van der Waals surface area contributed by atoms with E-state index in [0.717, 1.165) is 6.92 Å². The maximum Gasteiger partial charge on any atom is 0.462 e. The largest absolute Gasteiger partial charge is 0.462 e. The van der Waals surface area contributed by atoms with Crippen LogP contribution in [0, 0.1) is 0 Å². The Morgan fingerprint density at radius 2 is 1.30 bits per heavy atom. The van der Waals surface area contributed by atoms with Gasteiger partial charge in [-0.1, -0.05) is 36.4 Å². The average Bonchev–Trinajstić information content (AvgIpc) is 2.79. The Hall–Kier alpha value is -3.73. The summed E-state index contributed by atoms with van der Waals surface area (Å²) in [5, 5.41) is 0.716. The minimum Gasteiger partial charge on any atom is -0.434 e. The highest BCUT2D eigenvalue weighted by Crippen LogP contribution is 2.50. The van der Waals surface area contributed by atoms with Gasteiger partial charge in [-0.3, -0.25) is 13.8 Å². The molecule has 0 fully saturated rings. The number of esters is 2. The van der Waals surface area contributed by atoms with Crippen LogP contribution in [0.4, 0.5) is 0 Å². The van der Waals surface area contributed by atoms with Crippen molar-refractivity contribution in [3.8, 4) is 0 Å². The Balaban J connectivity index is 2.04. The fourth-order valence-electron chi connectivity index (χ4n) is 2.13. The first-order chi connectivity index (χ1) is 15.7. The van der Waals surface area contributed by atoms with Crippen LogP contribution in [-0.2, 0) is 32.7 Å².